The van der Waals surface area contributed by atoms with Crippen molar-refractivity contribution in [2.75, 3.05) is 5.32 Å². The Morgan fingerprint density at radius 3 is 2.28 bits per heavy atom. The van der Waals surface area contributed by atoms with Gasteiger partial charge in [-0.3, -0.25) is 0 Å². The average Bonchev–Trinajstić information content (AvgIpc) is 2.73. The number of aromatic nitrogens is 1. The molecule has 7 heteroatoms. The van der Waals surface area contributed by atoms with Crippen LogP contribution in [0.5, 0.6) is 0 Å². The summed E-state index contributed by atoms with van der Waals surface area (Å²) < 4.78 is 27.9. The highest BCUT2D eigenvalue weighted by molar-refractivity contribution is 8.72. The Labute approximate surface area is 178 Å². The molecule has 29 heavy (non-hydrogen) atoms. The fourth-order valence-corrected chi connectivity index (χ4v) is 6.16. The molecule has 4 aromatic rings. The zero-order valence-electron chi connectivity index (χ0n) is 15.5. The summed E-state index contributed by atoms with van der Waals surface area (Å²) in [5.41, 5.74) is 2.56. The highest BCUT2D eigenvalue weighted by atomic mass is 35.5. The molecule has 0 saturated carbocycles. The van der Waals surface area contributed by atoms with E-state index in [0.717, 1.165) is 33.1 Å². The minimum Gasteiger partial charge on any atom is -0.354 e. The first-order chi connectivity index (χ1) is 13.9. The standard InChI is InChI=1S/C22H17ClN2O2S2/c1-25-15-21(28-29(26,27)18-7-3-2-4-8-18)22(19-9-5-6-10-20(19)25)24-17-13-11-16(23)12-14-17/h2-15H,1H3/p+1. The van der Waals surface area contributed by atoms with E-state index in [2.05, 4.69) is 5.32 Å². The van der Waals surface area contributed by atoms with E-state index in [1.807, 2.05) is 54.2 Å². The lowest BCUT2D eigenvalue weighted by Gasteiger charge is -2.14. The Hall–Kier alpha value is -2.54. The summed E-state index contributed by atoms with van der Waals surface area (Å²) in [4.78, 5) is 0.892. The van der Waals surface area contributed by atoms with Gasteiger partial charge in [-0.25, -0.2) is 8.42 Å². The smallest absolute Gasteiger partial charge is 0.234 e. The zero-order valence-corrected chi connectivity index (χ0v) is 17.9. The summed E-state index contributed by atoms with van der Waals surface area (Å²) in [5, 5.41) is 4.96. The van der Waals surface area contributed by atoms with Gasteiger partial charge in [-0.05, 0) is 42.5 Å². The number of aryl methyl sites for hydroxylation is 1. The van der Waals surface area contributed by atoms with Crippen LogP contribution in [0, 0.1) is 0 Å². The topological polar surface area (TPSA) is 50.0 Å². The monoisotopic (exact) mass is 441 g/mol. The summed E-state index contributed by atoms with van der Waals surface area (Å²) >= 11 is 6.00. The first-order valence-corrected chi connectivity index (χ1v) is 12.1. The number of halogens is 1. The summed E-state index contributed by atoms with van der Waals surface area (Å²) in [6, 6.07) is 23.7. The predicted molar refractivity (Wildman–Crippen MR) is 119 cm³/mol. The van der Waals surface area contributed by atoms with Crippen LogP contribution in [0.25, 0.3) is 10.9 Å². The van der Waals surface area contributed by atoms with Gasteiger partial charge in [0.1, 0.15) is 11.9 Å². The van der Waals surface area contributed by atoms with Gasteiger partial charge in [-0.1, -0.05) is 41.9 Å². The lowest BCUT2D eigenvalue weighted by atomic mass is 10.1. The van der Waals surface area contributed by atoms with Gasteiger partial charge < -0.3 is 5.32 Å². The molecule has 0 amide bonds. The predicted octanol–water partition coefficient (Wildman–Crippen LogP) is 5.54. The zero-order chi connectivity index (χ0) is 20.4. The first kappa shape index (κ1) is 19.8. The molecule has 3 aromatic carbocycles. The van der Waals surface area contributed by atoms with Gasteiger partial charge >= 0.3 is 0 Å². The molecule has 0 saturated heterocycles. The van der Waals surface area contributed by atoms with E-state index in [1.165, 1.54) is 0 Å². The quantitative estimate of drug-likeness (QED) is 0.326. The van der Waals surface area contributed by atoms with Crippen molar-refractivity contribution >= 4 is 53.5 Å². The molecule has 0 spiro atoms. The summed E-state index contributed by atoms with van der Waals surface area (Å²) in [7, 11) is -0.828. The minimum atomic E-state index is -3.58. The summed E-state index contributed by atoms with van der Waals surface area (Å²) in [5.74, 6) is 0. The third-order valence-corrected chi connectivity index (χ3v) is 8.04. The second-order valence-electron chi connectivity index (χ2n) is 6.48. The van der Waals surface area contributed by atoms with Crippen LogP contribution in [-0.2, 0) is 15.9 Å². The second kappa shape index (κ2) is 8.06. The number of pyridine rings is 1. The van der Waals surface area contributed by atoms with Crippen molar-refractivity contribution in [1.82, 2.24) is 0 Å². The Balaban J connectivity index is 1.85. The van der Waals surface area contributed by atoms with Crippen LogP contribution in [0.1, 0.15) is 0 Å². The fourth-order valence-electron chi connectivity index (χ4n) is 3.06. The van der Waals surface area contributed by atoms with Crippen LogP contribution in [-0.4, -0.2) is 8.42 Å². The summed E-state index contributed by atoms with van der Waals surface area (Å²) in [6.07, 6.45) is 1.84. The van der Waals surface area contributed by atoms with Gasteiger partial charge in [-0.2, -0.15) is 4.57 Å². The molecule has 4 nitrogen and oxygen atoms in total. The van der Waals surface area contributed by atoms with Crippen molar-refractivity contribution in [2.24, 2.45) is 7.05 Å². The SMILES string of the molecule is C[n+]1cc(SS(=O)(=O)c2ccccc2)c(Nc2ccc(Cl)cc2)c2ccccc21. The van der Waals surface area contributed by atoms with Crippen LogP contribution < -0.4 is 9.88 Å². The van der Waals surface area contributed by atoms with E-state index in [-0.39, 0.29) is 4.90 Å². The molecule has 1 aromatic heterocycles. The van der Waals surface area contributed by atoms with Gasteiger partial charge in [0, 0.05) is 27.6 Å². The number of fused-ring (bicyclic) bond motifs is 1. The largest absolute Gasteiger partial charge is 0.354 e. The Kier molecular flexibility index (Phi) is 5.50. The van der Waals surface area contributed by atoms with E-state index < -0.39 is 8.87 Å². The molecule has 0 aliphatic carbocycles. The molecule has 0 aliphatic heterocycles. The number of hydrogen-bond acceptors (Lipinski definition) is 4. The maximum atomic E-state index is 13.0. The average molecular weight is 442 g/mol. The molecule has 4 rings (SSSR count). The van der Waals surface area contributed by atoms with E-state index in [0.29, 0.717) is 9.92 Å². The van der Waals surface area contributed by atoms with Crippen LogP contribution >= 0.6 is 22.4 Å². The number of anilines is 2. The molecular weight excluding hydrogens is 424 g/mol. The number of nitrogens with zero attached hydrogens (tertiary/aromatic N) is 1. The number of rotatable bonds is 5. The lowest BCUT2D eigenvalue weighted by molar-refractivity contribution is -0.646. The highest BCUT2D eigenvalue weighted by Gasteiger charge is 2.24. The molecule has 0 aliphatic rings. The lowest BCUT2D eigenvalue weighted by Crippen LogP contribution is -2.29. The van der Waals surface area contributed by atoms with Gasteiger partial charge in [-0.15, -0.1) is 0 Å². The maximum Gasteiger partial charge on any atom is 0.234 e. The van der Waals surface area contributed by atoms with Crippen molar-refractivity contribution in [2.45, 2.75) is 9.79 Å². The Morgan fingerprint density at radius 2 is 1.55 bits per heavy atom. The van der Waals surface area contributed by atoms with E-state index in [1.54, 1.807) is 42.5 Å². The highest BCUT2D eigenvalue weighted by Crippen LogP contribution is 2.39. The molecule has 0 unspecified atom stereocenters. The third-order valence-electron chi connectivity index (χ3n) is 4.46. The van der Waals surface area contributed by atoms with Crippen LogP contribution in [0.2, 0.25) is 5.02 Å². The summed E-state index contributed by atoms with van der Waals surface area (Å²) in [6.45, 7) is 0. The van der Waals surface area contributed by atoms with Crippen LogP contribution in [0.4, 0.5) is 11.4 Å². The van der Waals surface area contributed by atoms with E-state index in [4.69, 9.17) is 11.6 Å². The van der Waals surface area contributed by atoms with Crippen LogP contribution in [0.15, 0.2) is 94.9 Å². The molecule has 0 radical (unpaired) electrons. The number of benzene rings is 3. The van der Waals surface area contributed by atoms with E-state index >= 15 is 0 Å². The van der Waals surface area contributed by atoms with Crippen molar-refractivity contribution < 1.29 is 13.0 Å². The maximum absolute atomic E-state index is 13.0. The van der Waals surface area contributed by atoms with Crippen molar-refractivity contribution in [3.8, 4) is 0 Å². The Bertz CT molecular complexity index is 1280. The molecule has 0 atom stereocenters. The number of para-hydroxylation sites is 1. The van der Waals surface area contributed by atoms with Crippen LogP contribution in [0.3, 0.4) is 0 Å². The van der Waals surface area contributed by atoms with Gasteiger partial charge in [0.25, 0.3) is 0 Å². The third kappa shape index (κ3) is 4.24. The molecule has 1 heterocycles. The number of hydrogen-bond donors (Lipinski definition) is 1. The molecule has 0 fully saturated rings. The molecule has 1 N–H and O–H groups in total. The second-order valence-corrected chi connectivity index (χ2v) is 10.7. The fraction of sp³-hybridized carbons (Fsp3) is 0.0455. The van der Waals surface area contributed by atoms with E-state index in [9.17, 15) is 8.42 Å². The van der Waals surface area contributed by atoms with Gasteiger partial charge in [0.2, 0.25) is 14.4 Å². The van der Waals surface area contributed by atoms with Crippen molar-refractivity contribution in [3.05, 3.63) is 90.1 Å². The molecule has 0 bridgehead atoms. The minimum absolute atomic E-state index is 0.276. The van der Waals surface area contributed by atoms with Gasteiger partial charge in [0.05, 0.1) is 16.0 Å². The van der Waals surface area contributed by atoms with Crippen molar-refractivity contribution in [1.29, 1.82) is 0 Å². The normalized spacial score (nSPS) is 11.5. The van der Waals surface area contributed by atoms with Crippen molar-refractivity contribution in [3.63, 3.8) is 0 Å². The van der Waals surface area contributed by atoms with Gasteiger partial charge in [0.15, 0.2) is 6.20 Å². The Morgan fingerprint density at radius 1 is 0.897 bits per heavy atom. The number of nitrogens with one attached hydrogen (secondary N) is 1. The molecular formula is C22H18ClN2O2S2+. The molecule has 146 valence electrons. The first-order valence-electron chi connectivity index (χ1n) is 8.87.